The monoisotopic (exact) mass is 265 g/mol. The molecule has 0 saturated carbocycles. The molecule has 1 aliphatic heterocycles. The van der Waals surface area contributed by atoms with Crippen molar-refractivity contribution in [2.45, 2.75) is 6.04 Å². The van der Waals surface area contributed by atoms with Crippen molar-refractivity contribution in [1.29, 1.82) is 5.26 Å². The van der Waals surface area contributed by atoms with Gasteiger partial charge in [0.15, 0.2) is 0 Å². The van der Waals surface area contributed by atoms with Gasteiger partial charge in [-0.2, -0.15) is 5.26 Å². The van der Waals surface area contributed by atoms with E-state index in [1.54, 1.807) is 0 Å². The molecule has 1 unspecified atom stereocenters. The fraction of sp³-hybridized carbons (Fsp3) is 0.353. The van der Waals surface area contributed by atoms with Crippen molar-refractivity contribution in [2.75, 3.05) is 33.2 Å². The number of rotatable bonds is 2. The summed E-state index contributed by atoms with van der Waals surface area (Å²) in [7, 11) is 2.14. The number of nitrogens with zero attached hydrogens (tertiary/aromatic N) is 3. The molecule has 0 aliphatic carbocycles. The van der Waals surface area contributed by atoms with Gasteiger partial charge in [0.25, 0.3) is 0 Å². The molecule has 0 aromatic heterocycles. The van der Waals surface area contributed by atoms with Gasteiger partial charge in [0, 0.05) is 26.2 Å². The van der Waals surface area contributed by atoms with Crippen LogP contribution in [0.5, 0.6) is 0 Å². The molecule has 0 spiro atoms. The molecule has 1 fully saturated rings. The second-order valence-corrected chi connectivity index (χ2v) is 5.44. The van der Waals surface area contributed by atoms with Crippen molar-refractivity contribution in [3.8, 4) is 6.07 Å². The van der Waals surface area contributed by atoms with E-state index in [0.717, 1.165) is 31.7 Å². The molecule has 0 radical (unpaired) electrons. The van der Waals surface area contributed by atoms with Gasteiger partial charge in [0.05, 0.1) is 6.07 Å². The Labute approximate surface area is 120 Å². The summed E-state index contributed by atoms with van der Waals surface area (Å²) in [5.74, 6) is 0. The van der Waals surface area contributed by atoms with E-state index < -0.39 is 0 Å². The van der Waals surface area contributed by atoms with Gasteiger partial charge >= 0.3 is 0 Å². The van der Waals surface area contributed by atoms with Gasteiger partial charge in [-0.1, -0.05) is 42.5 Å². The minimum absolute atomic E-state index is 0.144. The number of likely N-dealkylation sites (N-methyl/N-ethyl adjacent to an activating group) is 1. The largest absolute Gasteiger partial charge is 0.304 e. The Morgan fingerprint density at radius 3 is 2.45 bits per heavy atom. The second kappa shape index (κ2) is 5.62. The Kier molecular flexibility index (Phi) is 3.68. The summed E-state index contributed by atoms with van der Waals surface area (Å²) < 4.78 is 0. The van der Waals surface area contributed by atoms with E-state index >= 15 is 0 Å². The van der Waals surface area contributed by atoms with Crippen LogP contribution in [0.25, 0.3) is 10.8 Å². The number of hydrogen-bond donors (Lipinski definition) is 0. The number of nitriles is 1. The van der Waals surface area contributed by atoms with Crippen molar-refractivity contribution in [3.05, 3.63) is 48.0 Å². The standard InChI is InChI=1S/C17H19N3/c1-19-9-11-20(12-10-19)17(13-18)16-8-4-6-14-5-2-3-7-15(14)16/h2-8,17H,9-12H2,1H3. The van der Waals surface area contributed by atoms with Crippen LogP contribution in [0.15, 0.2) is 42.5 Å². The highest BCUT2D eigenvalue weighted by atomic mass is 15.3. The predicted octanol–water partition coefficient (Wildman–Crippen LogP) is 2.65. The van der Waals surface area contributed by atoms with E-state index in [1.807, 2.05) is 12.1 Å². The number of fused-ring (bicyclic) bond motifs is 1. The second-order valence-electron chi connectivity index (χ2n) is 5.44. The maximum atomic E-state index is 9.65. The fourth-order valence-corrected chi connectivity index (χ4v) is 2.92. The smallest absolute Gasteiger partial charge is 0.124 e. The van der Waals surface area contributed by atoms with Gasteiger partial charge in [-0.3, -0.25) is 4.90 Å². The molecule has 3 nitrogen and oxygen atoms in total. The summed E-state index contributed by atoms with van der Waals surface area (Å²) in [4.78, 5) is 4.61. The van der Waals surface area contributed by atoms with Crippen molar-refractivity contribution in [1.82, 2.24) is 9.80 Å². The Bertz CT molecular complexity index is 631. The van der Waals surface area contributed by atoms with E-state index in [1.165, 1.54) is 10.8 Å². The van der Waals surface area contributed by atoms with E-state index in [0.29, 0.717) is 0 Å². The topological polar surface area (TPSA) is 30.3 Å². The summed E-state index contributed by atoms with van der Waals surface area (Å²) in [6.45, 7) is 3.97. The molecule has 0 bridgehead atoms. The molecule has 1 saturated heterocycles. The van der Waals surface area contributed by atoms with Crippen LogP contribution in [0, 0.1) is 11.3 Å². The molecule has 0 N–H and O–H groups in total. The van der Waals surface area contributed by atoms with Crippen LogP contribution in [0.2, 0.25) is 0 Å². The van der Waals surface area contributed by atoms with Gasteiger partial charge in [0.2, 0.25) is 0 Å². The number of benzene rings is 2. The predicted molar refractivity (Wildman–Crippen MR) is 81.4 cm³/mol. The highest BCUT2D eigenvalue weighted by molar-refractivity contribution is 5.86. The van der Waals surface area contributed by atoms with Crippen molar-refractivity contribution >= 4 is 10.8 Å². The van der Waals surface area contributed by atoms with Crippen LogP contribution in [0.1, 0.15) is 11.6 Å². The van der Waals surface area contributed by atoms with E-state index in [2.05, 4.69) is 53.2 Å². The average molecular weight is 265 g/mol. The van der Waals surface area contributed by atoms with Crippen LogP contribution in [0.3, 0.4) is 0 Å². The summed E-state index contributed by atoms with van der Waals surface area (Å²) in [6.07, 6.45) is 0. The highest BCUT2D eigenvalue weighted by Gasteiger charge is 2.24. The molecule has 2 aromatic carbocycles. The Balaban J connectivity index is 1.98. The lowest BCUT2D eigenvalue weighted by molar-refractivity contribution is 0.133. The molecule has 3 heteroatoms. The van der Waals surface area contributed by atoms with Crippen molar-refractivity contribution < 1.29 is 0 Å². The molecule has 1 heterocycles. The lowest BCUT2D eigenvalue weighted by Crippen LogP contribution is -2.45. The third-order valence-corrected chi connectivity index (χ3v) is 4.14. The van der Waals surface area contributed by atoms with E-state index in [-0.39, 0.29) is 6.04 Å². The number of hydrogen-bond acceptors (Lipinski definition) is 3. The SMILES string of the molecule is CN1CCN(C(C#N)c2cccc3ccccc23)CC1. The first-order chi connectivity index (χ1) is 9.79. The van der Waals surface area contributed by atoms with Crippen LogP contribution < -0.4 is 0 Å². The highest BCUT2D eigenvalue weighted by Crippen LogP contribution is 2.28. The normalized spacial score (nSPS) is 18.8. The zero-order valence-electron chi connectivity index (χ0n) is 11.8. The minimum atomic E-state index is -0.144. The molecule has 1 atom stereocenters. The maximum absolute atomic E-state index is 9.65. The summed E-state index contributed by atoms with van der Waals surface area (Å²) >= 11 is 0. The molecule has 3 rings (SSSR count). The van der Waals surface area contributed by atoms with Crippen molar-refractivity contribution in [2.24, 2.45) is 0 Å². The zero-order valence-corrected chi connectivity index (χ0v) is 11.8. The zero-order chi connectivity index (χ0) is 13.9. The molecular weight excluding hydrogens is 246 g/mol. The number of piperazine rings is 1. The lowest BCUT2D eigenvalue weighted by atomic mass is 9.98. The molecule has 102 valence electrons. The third-order valence-electron chi connectivity index (χ3n) is 4.14. The van der Waals surface area contributed by atoms with Crippen LogP contribution in [0.4, 0.5) is 0 Å². The average Bonchev–Trinajstić information content (AvgIpc) is 2.50. The van der Waals surface area contributed by atoms with Gasteiger partial charge < -0.3 is 4.90 Å². The lowest BCUT2D eigenvalue weighted by Gasteiger charge is -2.35. The van der Waals surface area contributed by atoms with Gasteiger partial charge in [-0.25, -0.2) is 0 Å². The summed E-state index contributed by atoms with van der Waals surface area (Å²) in [5.41, 5.74) is 1.13. The summed E-state index contributed by atoms with van der Waals surface area (Å²) in [6, 6.07) is 16.9. The molecular formula is C17H19N3. The quantitative estimate of drug-likeness (QED) is 0.836. The first-order valence-electron chi connectivity index (χ1n) is 7.09. The first kappa shape index (κ1) is 13.1. The Morgan fingerprint density at radius 2 is 1.70 bits per heavy atom. The van der Waals surface area contributed by atoms with E-state index in [9.17, 15) is 5.26 Å². The first-order valence-corrected chi connectivity index (χ1v) is 7.09. The Morgan fingerprint density at radius 1 is 1.00 bits per heavy atom. The molecule has 1 aliphatic rings. The molecule has 2 aromatic rings. The van der Waals surface area contributed by atoms with Gasteiger partial charge in [-0.05, 0) is 23.4 Å². The van der Waals surface area contributed by atoms with Gasteiger partial charge in [0.1, 0.15) is 6.04 Å². The minimum Gasteiger partial charge on any atom is -0.304 e. The van der Waals surface area contributed by atoms with Crippen molar-refractivity contribution in [3.63, 3.8) is 0 Å². The van der Waals surface area contributed by atoms with Crippen LogP contribution >= 0.6 is 0 Å². The third kappa shape index (κ3) is 2.40. The van der Waals surface area contributed by atoms with Gasteiger partial charge in [-0.15, -0.1) is 0 Å². The summed E-state index contributed by atoms with van der Waals surface area (Å²) in [5, 5.41) is 12.1. The van der Waals surface area contributed by atoms with Crippen LogP contribution in [-0.4, -0.2) is 43.0 Å². The maximum Gasteiger partial charge on any atom is 0.124 e. The van der Waals surface area contributed by atoms with E-state index in [4.69, 9.17) is 0 Å². The molecule has 20 heavy (non-hydrogen) atoms. The Hall–Kier alpha value is -1.89. The molecule has 0 amide bonds. The fourth-order valence-electron chi connectivity index (χ4n) is 2.92. The van der Waals surface area contributed by atoms with Crippen LogP contribution in [-0.2, 0) is 0 Å².